The molecule has 4 heteroatoms. The van der Waals surface area contributed by atoms with Crippen LogP contribution in [0.5, 0.6) is 0 Å². The molecule has 0 aliphatic carbocycles. The minimum atomic E-state index is 0.684. The van der Waals surface area contributed by atoms with Crippen LogP contribution in [0.4, 0.5) is 0 Å². The zero-order chi connectivity index (χ0) is 33.0. The number of benzene rings is 7. The Balaban J connectivity index is 1.13. The lowest BCUT2D eigenvalue weighted by atomic mass is 9.98. The molecule has 0 spiro atoms. The number of rotatable bonds is 5. The van der Waals surface area contributed by atoms with Crippen LogP contribution in [0.1, 0.15) is 0 Å². The molecule has 3 heterocycles. The van der Waals surface area contributed by atoms with Gasteiger partial charge in [-0.1, -0.05) is 140 Å². The highest BCUT2D eigenvalue weighted by Gasteiger charge is 2.19. The third-order valence-corrected chi connectivity index (χ3v) is 10.7. The maximum absolute atomic E-state index is 6.46. The molecule has 0 fully saturated rings. The molecule has 234 valence electrons. The third-order valence-electron chi connectivity index (χ3n) is 9.54. The van der Waals surface area contributed by atoms with E-state index in [-0.39, 0.29) is 0 Å². The topological polar surface area (TPSA) is 38.9 Å². The minimum absolute atomic E-state index is 0.684. The lowest BCUT2D eigenvalue weighted by molar-refractivity contribution is 0.670. The van der Waals surface area contributed by atoms with E-state index in [4.69, 9.17) is 14.4 Å². The molecule has 0 bridgehead atoms. The Morgan fingerprint density at radius 1 is 0.400 bits per heavy atom. The molecule has 0 radical (unpaired) electrons. The number of para-hydroxylation sites is 2. The van der Waals surface area contributed by atoms with Crippen molar-refractivity contribution < 1.29 is 4.42 Å². The van der Waals surface area contributed by atoms with Gasteiger partial charge in [-0.2, -0.15) is 0 Å². The molecular weight excluding hydrogens is 629 g/mol. The van der Waals surface area contributed by atoms with E-state index >= 15 is 0 Å². The molecule has 0 amide bonds. The summed E-state index contributed by atoms with van der Waals surface area (Å²) >= 11 is 1.83. The predicted octanol–water partition coefficient (Wildman–Crippen LogP) is 13.1. The van der Waals surface area contributed by atoms with Crippen LogP contribution in [0.3, 0.4) is 0 Å². The van der Waals surface area contributed by atoms with Crippen LogP contribution >= 0.6 is 11.3 Å². The van der Waals surface area contributed by atoms with Crippen LogP contribution in [0.15, 0.2) is 174 Å². The molecule has 0 atom stereocenters. The zero-order valence-corrected chi connectivity index (χ0v) is 27.7. The Morgan fingerprint density at radius 2 is 1.00 bits per heavy atom. The summed E-state index contributed by atoms with van der Waals surface area (Å²) in [6.45, 7) is 0. The summed E-state index contributed by atoms with van der Waals surface area (Å²) in [5, 5.41) is 4.62. The number of furan rings is 1. The van der Waals surface area contributed by atoms with Gasteiger partial charge in [-0.15, -0.1) is 11.3 Å². The molecule has 10 aromatic rings. The molecule has 50 heavy (non-hydrogen) atoms. The van der Waals surface area contributed by atoms with Gasteiger partial charge in [-0.25, -0.2) is 9.97 Å². The monoisotopic (exact) mass is 656 g/mol. The normalized spacial score (nSPS) is 11.6. The molecule has 7 aromatic carbocycles. The molecule has 0 saturated carbocycles. The summed E-state index contributed by atoms with van der Waals surface area (Å²) in [4.78, 5) is 10.4. The quantitative estimate of drug-likeness (QED) is 0.185. The van der Waals surface area contributed by atoms with E-state index in [0.29, 0.717) is 5.82 Å². The van der Waals surface area contributed by atoms with Crippen molar-refractivity contribution in [2.75, 3.05) is 0 Å². The first-order valence-corrected chi connectivity index (χ1v) is 17.6. The van der Waals surface area contributed by atoms with Crippen LogP contribution < -0.4 is 0 Å². The predicted molar refractivity (Wildman–Crippen MR) is 209 cm³/mol. The molecule has 3 nitrogen and oxygen atoms in total. The van der Waals surface area contributed by atoms with Gasteiger partial charge in [0.1, 0.15) is 11.2 Å². The number of hydrogen-bond acceptors (Lipinski definition) is 4. The first-order chi connectivity index (χ1) is 24.8. The Morgan fingerprint density at radius 3 is 1.80 bits per heavy atom. The van der Waals surface area contributed by atoms with Gasteiger partial charge < -0.3 is 4.42 Å². The van der Waals surface area contributed by atoms with Gasteiger partial charge in [-0.3, -0.25) is 0 Å². The maximum Gasteiger partial charge on any atom is 0.160 e. The van der Waals surface area contributed by atoms with Crippen LogP contribution in [0, 0.1) is 0 Å². The van der Waals surface area contributed by atoms with Crippen molar-refractivity contribution in [2.45, 2.75) is 0 Å². The van der Waals surface area contributed by atoms with Crippen molar-refractivity contribution >= 4 is 53.4 Å². The van der Waals surface area contributed by atoms with Gasteiger partial charge in [-0.05, 0) is 52.6 Å². The van der Waals surface area contributed by atoms with E-state index in [1.54, 1.807) is 0 Å². The second kappa shape index (κ2) is 11.7. The summed E-state index contributed by atoms with van der Waals surface area (Å²) in [5.74, 6) is 0.684. The largest absolute Gasteiger partial charge is 0.455 e. The Hall–Kier alpha value is -6.36. The van der Waals surface area contributed by atoms with Gasteiger partial charge in [0.25, 0.3) is 0 Å². The zero-order valence-electron chi connectivity index (χ0n) is 26.9. The summed E-state index contributed by atoms with van der Waals surface area (Å²) < 4.78 is 8.95. The van der Waals surface area contributed by atoms with E-state index < -0.39 is 0 Å². The lowest BCUT2D eigenvalue weighted by Crippen LogP contribution is -1.96. The van der Waals surface area contributed by atoms with Gasteiger partial charge in [0.15, 0.2) is 5.82 Å². The average molecular weight is 657 g/mol. The van der Waals surface area contributed by atoms with Crippen LogP contribution in [0.2, 0.25) is 0 Å². The average Bonchev–Trinajstić information content (AvgIpc) is 3.77. The Bertz CT molecular complexity index is 2850. The second-order valence-corrected chi connectivity index (χ2v) is 13.6. The fraction of sp³-hybridized carbons (Fsp3) is 0. The summed E-state index contributed by atoms with van der Waals surface area (Å²) in [7, 11) is 0. The highest BCUT2D eigenvalue weighted by atomic mass is 32.1. The molecule has 0 aliphatic heterocycles. The van der Waals surface area contributed by atoms with E-state index in [0.717, 1.165) is 50.0 Å². The highest BCUT2D eigenvalue weighted by molar-refractivity contribution is 7.26. The number of thiophene rings is 1. The summed E-state index contributed by atoms with van der Waals surface area (Å²) in [5.41, 5.74) is 11.3. The first-order valence-electron chi connectivity index (χ1n) is 16.7. The SMILES string of the molecule is c1ccc(-c2ccc(-c3ccc4c(c3)sc3cccc(-c5cc(-c6cccc7c6oc6ccccc67)nc(-c6ccccc6)n5)c34)cc2)cc1. The van der Waals surface area contributed by atoms with E-state index in [1.165, 1.54) is 42.4 Å². The van der Waals surface area contributed by atoms with Crippen molar-refractivity contribution in [3.05, 3.63) is 170 Å². The number of nitrogens with zero attached hydrogens (tertiary/aromatic N) is 2. The van der Waals surface area contributed by atoms with Crippen molar-refractivity contribution in [1.29, 1.82) is 0 Å². The van der Waals surface area contributed by atoms with Crippen LogP contribution in [-0.4, -0.2) is 9.97 Å². The van der Waals surface area contributed by atoms with E-state index in [9.17, 15) is 0 Å². The molecule has 3 aromatic heterocycles. The number of fused-ring (bicyclic) bond motifs is 6. The van der Waals surface area contributed by atoms with Crippen LogP contribution in [0.25, 0.3) is 98.3 Å². The van der Waals surface area contributed by atoms with Crippen molar-refractivity contribution in [1.82, 2.24) is 9.97 Å². The van der Waals surface area contributed by atoms with Crippen LogP contribution in [-0.2, 0) is 0 Å². The summed E-state index contributed by atoms with van der Waals surface area (Å²) in [6, 6.07) is 59.6. The van der Waals surface area contributed by atoms with Crippen molar-refractivity contribution in [2.24, 2.45) is 0 Å². The fourth-order valence-electron chi connectivity index (χ4n) is 7.09. The van der Waals surface area contributed by atoms with Gasteiger partial charge >= 0.3 is 0 Å². The second-order valence-electron chi connectivity index (χ2n) is 12.5. The lowest BCUT2D eigenvalue weighted by Gasteiger charge is -2.11. The molecule has 0 saturated heterocycles. The standard InChI is InChI=1S/C46H28N2OS/c1-3-11-29(12-4-1)30-21-23-31(24-22-30)33-25-26-38-43(27-33)50-42-20-10-17-36(44(38)42)39-28-40(48-46(47-39)32-13-5-2-6-14-32)37-18-9-16-35-34-15-7-8-19-41(34)49-45(35)37/h1-28H. The number of aromatic nitrogens is 2. The van der Waals surface area contributed by atoms with Crippen molar-refractivity contribution in [3.8, 4) is 56.2 Å². The first kappa shape index (κ1) is 28.6. The van der Waals surface area contributed by atoms with Gasteiger partial charge in [0.05, 0.1) is 11.4 Å². The van der Waals surface area contributed by atoms with Gasteiger partial charge in [0, 0.05) is 47.6 Å². The molecule has 0 aliphatic rings. The molecule has 0 N–H and O–H groups in total. The minimum Gasteiger partial charge on any atom is -0.455 e. The smallest absolute Gasteiger partial charge is 0.160 e. The Labute approximate surface area is 292 Å². The van der Waals surface area contributed by atoms with Gasteiger partial charge in [0.2, 0.25) is 0 Å². The van der Waals surface area contributed by atoms with E-state index in [2.05, 4.69) is 140 Å². The van der Waals surface area contributed by atoms with Crippen molar-refractivity contribution in [3.63, 3.8) is 0 Å². The number of hydrogen-bond donors (Lipinski definition) is 0. The fourth-order valence-corrected chi connectivity index (χ4v) is 8.26. The third kappa shape index (κ3) is 4.80. The molecular formula is C46H28N2OS. The van der Waals surface area contributed by atoms with E-state index in [1.807, 2.05) is 41.7 Å². The Kier molecular flexibility index (Phi) is 6.68. The summed E-state index contributed by atoms with van der Waals surface area (Å²) in [6.07, 6.45) is 0. The molecule has 0 unspecified atom stereocenters. The maximum atomic E-state index is 6.46. The molecule has 10 rings (SSSR count). The highest BCUT2D eigenvalue weighted by Crippen LogP contribution is 2.43.